The zero-order valence-corrected chi connectivity index (χ0v) is 13.2. The Balaban J connectivity index is 2.32. The van der Waals surface area contributed by atoms with Crippen LogP contribution in [0.2, 0.25) is 0 Å². The lowest BCUT2D eigenvalue weighted by Crippen LogP contribution is -2.47. The van der Waals surface area contributed by atoms with Gasteiger partial charge in [0.2, 0.25) is 0 Å². The normalized spacial score (nSPS) is 23.3. The maximum atomic E-state index is 12.7. The minimum atomic E-state index is 0.0732. The van der Waals surface area contributed by atoms with Crippen molar-refractivity contribution >= 4 is 21.8 Å². The fraction of sp³-hybridized carbons (Fsp3) is 0.533. The standard InChI is InChI=1S/C15H20BrNO2/c1-10-5-4-6-11(2)17(10)15(18)13-8-7-12(16)9-14(13)19-3/h7-11H,4-6H2,1-3H3. The van der Waals surface area contributed by atoms with Crippen molar-refractivity contribution in [3.63, 3.8) is 0 Å². The van der Waals surface area contributed by atoms with Crippen molar-refractivity contribution in [1.82, 2.24) is 4.90 Å². The van der Waals surface area contributed by atoms with Crippen molar-refractivity contribution in [3.8, 4) is 5.75 Å². The number of likely N-dealkylation sites (tertiary alicyclic amines) is 1. The summed E-state index contributed by atoms with van der Waals surface area (Å²) in [5, 5.41) is 0. The van der Waals surface area contributed by atoms with Crippen LogP contribution in [-0.4, -0.2) is 30.0 Å². The highest BCUT2D eigenvalue weighted by atomic mass is 79.9. The summed E-state index contributed by atoms with van der Waals surface area (Å²) in [5.41, 5.74) is 0.645. The van der Waals surface area contributed by atoms with Gasteiger partial charge in [0, 0.05) is 16.6 Å². The summed E-state index contributed by atoms with van der Waals surface area (Å²) < 4.78 is 6.25. The molecule has 2 rings (SSSR count). The first-order valence-electron chi connectivity index (χ1n) is 6.70. The molecule has 0 saturated carbocycles. The van der Waals surface area contributed by atoms with E-state index in [2.05, 4.69) is 29.8 Å². The van der Waals surface area contributed by atoms with Crippen LogP contribution in [0.3, 0.4) is 0 Å². The molecule has 1 aliphatic heterocycles. The Bertz CT molecular complexity index is 465. The molecule has 0 aromatic heterocycles. The highest BCUT2D eigenvalue weighted by Gasteiger charge is 2.30. The maximum Gasteiger partial charge on any atom is 0.258 e. The molecule has 2 atom stereocenters. The van der Waals surface area contributed by atoms with Crippen molar-refractivity contribution in [3.05, 3.63) is 28.2 Å². The van der Waals surface area contributed by atoms with E-state index in [1.807, 2.05) is 23.1 Å². The summed E-state index contributed by atoms with van der Waals surface area (Å²) in [6, 6.07) is 6.15. The second kappa shape index (κ2) is 5.95. The molecule has 19 heavy (non-hydrogen) atoms. The number of hydrogen-bond donors (Lipinski definition) is 0. The summed E-state index contributed by atoms with van der Waals surface area (Å²) in [7, 11) is 1.60. The van der Waals surface area contributed by atoms with Crippen LogP contribution < -0.4 is 4.74 Å². The molecule has 2 unspecified atom stereocenters. The van der Waals surface area contributed by atoms with Gasteiger partial charge in [0.15, 0.2) is 0 Å². The Morgan fingerprint density at radius 3 is 2.53 bits per heavy atom. The molecule has 0 aliphatic carbocycles. The van der Waals surface area contributed by atoms with Gasteiger partial charge in [0.1, 0.15) is 5.75 Å². The lowest BCUT2D eigenvalue weighted by atomic mass is 9.96. The predicted octanol–water partition coefficient (Wildman–Crippen LogP) is 3.86. The molecule has 3 nitrogen and oxygen atoms in total. The van der Waals surface area contributed by atoms with E-state index in [0.717, 1.165) is 17.3 Å². The van der Waals surface area contributed by atoms with Gasteiger partial charge in [-0.2, -0.15) is 0 Å². The van der Waals surface area contributed by atoms with Gasteiger partial charge in [0.05, 0.1) is 12.7 Å². The number of piperidine rings is 1. The predicted molar refractivity (Wildman–Crippen MR) is 79.6 cm³/mol. The lowest BCUT2D eigenvalue weighted by Gasteiger charge is -2.39. The second-order valence-electron chi connectivity index (χ2n) is 5.19. The first-order valence-corrected chi connectivity index (χ1v) is 7.50. The SMILES string of the molecule is COc1cc(Br)ccc1C(=O)N1C(C)CCCC1C. The molecule has 1 aliphatic rings. The highest BCUT2D eigenvalue weighted by Crippen LogP contribution is 2.29. The zero-order chi connectivity index (χ0) is 14.0. The summed E-state index contributed by atoms with van der Waals surface area (Å²) in [4.78, 5) is 14.7. The third kappa shape index (κ3) is 2.94. The molecule has 1 saturated heterocycles. The van der Waals surface area contributed by atoms with E-state index < -0.39 is 0 Å². The Morgan fingerprint density at radius 2 is 1.95 bits per heavy atom. The van der Waals surface area contributed by atoms with Crippen LogP contribution in [0.1, 0.15) is 43.5 Å². The molecule has 0 bridgehead atoms. The number of hydrogen-bond acceptors (Lipinski definition) is 2. The van der Waals surface area contributed by atoms with Crippen LogP contribution in [0, 0.1) is 0 Å². The number of nitrogens with zero attached hydrogens (tertiary/aromatic N) is 1. The molecular formula is C15H20BrNO2. The maximum absolute atomic E-state index is 12.7. The van der Waals surface area contributed by atoms with Gasteiger partial charge in [-0.3, -0.25) is 4.79 Å². The van der Waals surface area contributed by atoms with E-state index >= 15 is 0 Å². The van der Waals surface area contributed by atoms with Crippen LogP contribution >= 0.6 is 15.9 Å². The van der Waals surface area contributed by atoms with Crippen LogP contribution in [0.5, 0.6) is 5.75 Å². The number of methoxy groups -OCH3 is 1. The monoisotopic (exact) mass is 325 g/mol. The van der Waals surface area contributed by atoms with Crippen LogP contribution in [-0.2, 0) is 0 Å². The summed E-state index contributed by atoms with van der Waals surface area (Å²) >= 11 is 3.40. The summed E-state index contributed by atoms with van der Waals surface area (Å²) in [6.45, 7) is 4.25. The van der Waals surface area contributed by atoms with Gasteiger partial charge in [0.25, 0.3) is 5.91 Å². The van der Waals surface area contributed by atoms with E-state index in [-0.39, 0.29) is 5.91 Å². The van der Waals surface area contributed by atoms with Gasteiger partial charge in [-0.15, -0.1) is 0 Å². The van der Waals surface area contributed by atoms with Crippen molar-refractivity contribution in [1.29, 1.82) is 0 Å². The lowest BCUT2D eigenvalue weighted by molar-refractivity contribution is 0.0507. The largest absolute Gasteiger partial charge is 0.496 e. The number of benzene rings is 1. The molecule has 4 heteroatoms. The van der Waals surface area contributed by atoms with E-state index in [9.17, 15) is 4.79 Å². The van der Waals surface area contributed by atoms with E-state index in [1.165, 1.54) is 6.42 Å². The molecule has 104 valence electrons. The Labute approximate surface area is 123 Å². The molecule has 1 aromatic rings. The Kier molecular flexibility index (Phi) is 4.50. The molecule has 0 N–H and O–H groups in total. The number of ether oxygens (including phenoxy) is 1. The number of carbonyl (C=O) groups is 1. The van der Waals surface area contributed by atoms with Gasteiger partial charge >= 0.3 is 0 Å². The van der Waals surface area contributed by atoms with Gasteiger partial charge in [-0.1, -0.05) is 15.9 Å². The Morgan fingerprint density at radius 1 is 1.32 bits per heavy atom. The van der Waals surface area contributed by atoms with Crippen LogP contribution in [0.4, 0.5) is 0 Å². The molecule has 1 heterocycles. The fourth-order valence-corrected chi connectivity index (χ4v) is 3.14. The quantitative estimate of drug-likeness (QED) is 0.826. The van der Waals surface area contributed by atoms with Crippen molar-refractivity contribution in [2.75, 3.05) is 7.11 Å². The molecular weight excluding hydrogens is 306 g/mol. The molecule has 0 spiro atoms. The van der Waals surface area contributed by atoms with Gasteiger partial charge in [-0.05, 0) is 51.3 Å². The van der Waals surface area contributed by atoms with E-state index in [0.29, 0.717) is 23.4 Å². The first kappa shape index (κ1) is 14.4. The highest BCUT2D eigenvalue weighted by molar-refractivity contribution is 9.10. The minimum absolute atomic E-state index is 0.0732. The smallest absolute Gasteiger partial charge is 0.258 e. The fourth-order valence-electron chi connectivity index (χ4n) is 2.80. The van der Waals surface area contributed by atoms with Crippen LogP contribution in [0.25, 0.3) is 0 Å². The van der Waals surface area contributed by atoms with Gasteiger partial charge < -0.3 is 9.64 Å². The van der Waals surface area contributed by atoms with Crippen molar-refractivity contribution in [2.45, 2.75) is 45.2 Å². The van der Waals surface area contributed by atoms with Crippen molar-refractivity contribution in [2.24, 2.45) is 0 Å². The number of halogens is 1. The van der Waals surface area contributed by atoms with Crippen molar-refractivity contribution < 1.29 is 9.53 Å². The average molecular weight is 326 g/mol. The third-order valence-electron chi connectivity index (χ3n) is 3.82. The first-order chi connectivity index (χ1) is 9.04. The van der Waals surface area contributed by atoms with Crippen LogP contribution in [0.15, 0.2) is 22.7 Å². The minimum Gasteiger partial charge on any atom is -0.496 e. The molecule has 1 amide bonds. The van der Waals surface area contributed by atoms with Gasteiger partial charge in [-0.25, -0.2) is 0 Å². The number of rotatable bonds is 2. The topological polar surface area (TPSA) is 29.5 Å². The number of carbonyl (C=O) groups excluding carboxylic acids is 1. The zero-order valence-electron chi connectivity index (χ0n) is 11.6. The average Bonchev–Trinajstić information content (AvgIpc) is 2.38. The Hall–Kier alpha value is -1.03. The summed E-state index contributed by atoms with van der Waals surface area (Å²) in [5.74, 6) is 0.702. The number of amides is 1. The third-order valence-corrected chi connectivity index (χ3v) is 4.32. The molecule has 0 radical (unpaired) electrons. The molecule has 1 fully saturated rings. The van der Waals surface area contributed by atoms with E-state index in [4.69, 9.17) is 4.74 Å². The molecule has 1 aromatic carbocycles. The van der Waals surface area contributed by atoms with E-state index in [1.54, 1.807) is 7.11 Å². The summed E-state index contributed by atoms with van der Waals surface area (Å²) in [6.07, 6.45) is 3.35. The second-order valence-corrected chi connectivity index (χ2v) is 6.10.